The van der Waals surface area contributed by atoms with Crippen molar-refractivity contribution in [2.24, 2.45) is 65.1 Å². The quantitative estimate of drug-likeness (QED) is 0.0449. The topological polar surface area (TPSA) is 257 Å². The van der Waals surface area contributed by atoms with Crippen molar-refractivity contribution in [3.63, 3.8) is 0 Å². The third-order valence-electron chi connectivity index (χ3n) is 14.5. The molecule has 0 aromatic heterocycles. The van der Waals surface area contributed by atoms with Gasteiger partial charge in [-0.15, -0.1) is 0 Å². The van der Waals surface area contributed by atoms with E-state index in [2.05, 4.69) is 10.6 Å². The number of ketones is 4. The highest BCUT2D eigenvalue weighted by atomic mass is 16.5. The number of Topliss-reactive ketones (excluding diaryl/α,β-unsaturated/α-hetero) is 4. The molecule has 0 bridgehead atoms. The number of unbranched alkanes of at least 4 members (excludes halogenated alkanes) is 4. The minimum atomic E-state index is -0.271. The molecule has 0 saturated carbocycles. The fraction of sp³-hybridized carbons (Fsp3) is 0.806. The fourth-order valence-corrected chi connectivity index (χ4v) is 8.62. The largest absolute Gasteiger partial charge is 0.377 e. The lowest BCUT2D eigenvalue weighted by Crippen LogP contribution is -2.36. The first-order valence-corrected chi connectivity index (χ1v) is 30.2. The van der Waals surface area contributed by atoms with Crippen LogP contribution in [0.3, 0.4) is 0 Å². The molecule has 0 radical (unpaired) electrons. The van der Waals surface area contributed by atoms with Gasteiger partial charge >= 0.3 is 0 Å². The molecule has 19 nitrogen and oxygen atoms in total. The van der Waals surface area contributed by atoms with Crippen molar-refractivity contribution in [2.45, 2.75) is 201 Å². The SMILES string of the molecule is CC(C)C(=O)CCCCCN1C(=O)CC(C(C)C)C1=O.CC(C)C(=O)CCN1C(=O)CC(C(C)C)C1=O.CC(C)C(=O)COCCOCCNC(=O)CCN1C(=O)CC(C(C)C)C1=O.CC(C)CC(=O)NCCCCCC(=O)C(C)C. The van der Waals surface area contributed by atoms with E-state index in [1.807, 2.05) is 111 Å². The Morgan fingerprint density at radius 3 is 1.17 bits per heavy atom. The third-order valence-corrected chi connectivity index (χ3v) is 14.5. The Kier molecular flexibility index (Phi) is 38.5. The highest BCUT2D eigenvalue weighted by Crippen LogP contribution is 2.29. The van der Waals surface area contributed by atoms with Crippen LogP contribution in [0.1, 0.15) is 201 Å². The first-order chi connectivity index (χ1) is 37.8. The normalized spacial score (nSPS) is 17.2. The highest BCUT2D eigenvalue weighted by Gasteiger charge is 2.42. The molecule has 0 aromatic rings. The number of hydrogen-bond acceptors (Lipinski definition) is 14. The molecular weight excluding hydrogens is 1040 g/mol. The maximum absolute atomic E-state index is 12.2. The van der Waals surface area contributed by atoms with Crippen molar-refractivity contribution < 1.29 is 67.0 Å². The van der Waals surface area contributed by atoms with Gasteiger partial charge in [0.15, 0.2) is 5.78 Å². The first-order valence-electron chi connectivity index (χ1n) is 30.2. The summed E-state index contributed by atoms with van der Waals surface area (Å²) in [5.41, 5.74) is 0. The average molecular weight is 1150 g/mol. The number of imide groups is 3. The van der Waals surface area contributed by atoms with Crippen molar-refractivity contribution in [1.82, 2.24) is 25.3 Å². The Morgan fingerprint density at radius 2 is 0.778 bits per heavy atom. The van der Waals surface area contributed by atoms with E-state index in [1.54, 1.807) is 0 Å². The molecule has 3 aliphatic heterocycles. The molecule has 3 unspecified atom stereocenters. The van der Waals surface area contributed by atoms with Gasteiger partial charge in [-0.3, -0.25) is 72.2 Å². The maximum Gasteiger partial charge on any atom is 0.233 e. The van der Waals surface area contributed by atoms with Gasteiger partial charge in [-0.1, -0.05) is 124 Å². The summed E-state index contributed by atoms with van der Waals surface area (Å²) in [4.78, 5) is 144. The van der Waals surface area contributed by atoms with Gasteiger partial charge in [-0.05, 0) is 49.4 Å². The Bertz CT molecular complexity index is 2030. The minimum absolute atomic E-state index is 0.0109. The van der Waals surface area contributed by atoms with E-state index < -0.39 is 0 Å². The second kappa shape index (κ2) is 41.0. The number of rotatable bonds is 35. The Morgan fingerprint density at radius 1 is 0.407 bits per heavy atom. The molecule has 0 aliphatic carbocycles. The molecule has 19 heteroatoms. The third kappa shape index (κ3) is 31.3. The Balaban J connectivity index is 0.00000107. The summed E-state index contributed by atoms with van der Waals surface area (Å²) in [6.07, 6.45) is 8.61. The van der Waals surface area contributed by atoms with Crippen LogP contribution in [0.15, 0.2) is 0 Å². The van der Waals surface area contributed by atoms with Crippen molar-refractivity contribution in [1.29, 1.82) is 0 Å². The molecule has 3 rings (SSSR count). The number of amides is 8. The number of ether oxygens (including phenoxy) is 2. The van der Waals surface area contributed by atoms with Gasteiger partial charge in [-0.25, -0.2) is 0 Å². The van der Waals surface area contributed by atoms with Gasteiger partial charge in [0.05, 0.1) is 19.8 Å². The van der Waals surface area contributed by atoms with Crippen molar-refractivity contribution in [3.05, 3.63) is 0 Å². The van der Waals surface area contributed by atoms with Gasteiger partial charge in [0.2, 0.25) is 47.3 Å². The van der Waals surface area contributed by atoms with E-state index in [9.17, 15) is 57.5 Å². The van der Waals surface area contributed by atoms with Crippen molar-refractivity contribution in [2.75, 3.05) is 59.2 Å². The second-order valence-electron chi connectivity index (χ2n) is 24.4. The molecule has 8 amide bonds. The predicted octanol–water partition coefficient (Wildman–Crippen LogP) is 8.15. The maximum atomic E-state index is 12.2. The molecule has 3 aliphatic rings. The first kappa shape index (κ1) is 76.0. The summed E-state index contributed by atoms with van der Waals surface area (Å²) in [5.74, 6) is 0.521. The standard InChI is InChI=1S/C19H32N2O6.C16H27NO3.C14H27NO2.C13H21NO3/c1-13(2)15-11-18(24)21(19(15)25)7-5-17(23)20-6-8-26-9-10-27-12-16(22)14(3)4;1-11(2)13-10-15(19)17(16(13)20)9-7-5-6-8-14(18)12(3)4;1-11(2)10-14(17)15-9-7-5-6-8-13(16)12(3)4;1-8(2)10-7-12(16)14(13(10)17)6-5-11(15)9(3)4/h13-15H,5-12H2,1-4H3,(H,20,23);11-13H,5-10H2,1-4H3;11-12H,5-10H2,1-4H3,(H,15,17);8-10H,5-7H2,1-4H3. The van der Waals surface area contributed by atoms with Crippen LogP contribution in [0.5, 0.6) is 0 Å². The molecule has 0 aromatic carbocycles. The molecule has 3 fully saturated rings. The lowest BCUT2D eigenvalue weighted by atomic mass is 9.94. The Labute approximate surface area is 486 Å². The molecule has 0 spiro atoms. The summed E-state index contributed by atoms with van der Waals surface area (Å²) >= 11 is 0. The zero-order chi connectivity index (χ0) is 62.1. The molecule has 81 heavy (non-hydrogen) atoms. The predicted molar refractivity (Wildman–Crippen MR) is 312 cm³/mol. The van der Waals surface area contributed by atoms with Crippen LogP contribution in [-0.4, -0.2) is 144 Å². The average Bonchev–Trinajstić information content (AvgIpc) is 3.99. The highest BCUT2D eigenvalue weighted by molar-refractivity contribution is 6.05. The van der Waals surface area contributed by atoms with Crippen LogP contribution in [0.4, 0.5) is 0 Å². The summed E-state index contributed by atoms with van der Waals surface area (Å²) in [5, 5.41) is 5.59. The van der Waals surface area contributed by atoms with Gasteiger partial charge in [0.1, 0.15) is 24.0 Å². The fourth-order valence-electron chi connectivity index (χ4n) is 8.62. The van der Waals surface area contributed by atoms with Crippen LogP contribution in [0, 0.1) is 65.1 Å². The summed E-state index contributed by atoms with van der Waals surface area (Å²) in [6.45, 7) is 33.8. The summed E-state index contributed by atoms with van der Waals surface area (Å²) in [7, 11) is 0. The number of carbonyl (C=O) groups excluding carboxylic acids is 12. The molecule has 464 valence electrons. The zero-order valence-electron chi connectivity index (χ0n) is 52.7. The van der Waals surface area contributed by atoms with Gasteiger partial charge in [-0.2, -0.15) is 0 Å². The molecule has 3 atom stereocenters. The lowest BCUT2D eigenvalue weighted by Gasteiger charge is -2.16. The van der Waals surface area contributed by atoms with Gasteiger partial charge < -0.3 is 20.1 Å². The number of hydrogen-bond donors (Lipinski definition) is 2. The van der Waals surface area contributed by atoms with Crippen LogP contribution < -0.4 is 10.6 Å². The van der Waals surface area contributed by atoms with E-state index in [4.69, 9.17) is 9.47 Å². The summed E-state index contributed by atoms with van der Waals surface area (Å²) in [6, 6.07) is 0. The van der Waals surface area contributed by atoms with Gasteiger partial charge in [0.25, 0.3) is 0 Å². The number of carbonyl (C=O) groups is 12. The number of nitrogens with one attached hydrogen (secondary N) is 2. The van der Waals surface area contributed by atoms with E-state index >= 15 is 0 Å². The van der Waals surface area contributed by atoms with Crippen molar-refractivity contribution in [3.8, 4) is 0 Å². The molecule has 3 heterocycles. The van der Waals surface area contributed by atoms with Crippen LogP contribution in [-0.2, 0) is 67.0 Å². The monoisotopic (exact) mass is 1150 g/mol. The molecular formula is C62H107N5O14. The van der Waals surface area contributed by atoms with Gasteiger partial charge in [0, 0.05) is 126 Å². The van der Waals surface area contributed by atoms with E-state index in [0.29, 0.717) is 76.7 Å². The van der Waals surface area contributed by atoms with Crippen LogP contribution in [0.2, 0.25) is 0 Å². The molecule has 3 saturated heterocycles. The van der Waals surface area contributed by atoms with E-state index in [-0.39, 0.29) is 163 Å². The van der Waals surface area contributed by atoms with Crippen LogP contribution >= 0.6 is 0 Å². The number of likely N-dealkylation sites (tertiary alicyclic amines) is 3. The Hall–Kier alpha value is -5.04. The number of nitrogens with zero attached hydrogens (tertiary/aromatic N) is 3. The second-order valence-corrected chi connectivity index (χ2v) is 24.4. The lowest BCUT2D eigenvalue weighted by molar-refractivity contribution is -0.142. The smallest absolute Gasteiger partial charge is 0.233 e. The van der Waals surface area contributed by atoms with Crippen molar-refractivity contribution >= 4 is 70.4 Å². The van der Waals surface area contributed by atoms with E-state index in [1.165, 1.54) is 14.7 Å². The summed E-state index contributed by atoms with van der Waals surface area (Å²) < 4.78 is 10.5. The van der Waals surface area contributed by atoms with E-state index in [0.717, 1.165) is 45.1 Å². The minimum Gasteiger partial charge on any atom is -0.377 e. The molecule has 2 N–H and O–H groups in total. The zero-order valence-corrected chi connectivity index (χ0v) is 52.7. The van der Waals surface area contributed by atoms with Crippen LogP contribution in [0.25, 0.3) is 0 Å².